The zero-order valence-electron chi connectivity index (χ0n) is 12.4. The van der Waals surface area contributed by atoms with Gasteiger partial charge in [0.05, 0.1) is 19.4 Å². The molecule has 0 radical (unpaired) electrons. The number of hydrogen-bond donors (Lipinski definition) is 1. The summed E-state index contributed by atoms with van der Waals surface area (Å²) in [6, 6.07) is 11.5. The predicted molar refractivity (Wildman–Crippen MR) is 84.4 cm³/mol. The van der Waals surface area contributed by atoms with Crippen molar-refractivity contribution in [2.45, 2.75) is 24.5 Å². The van der Waals surface area contributed by atoms with Crippen molar-refractivity contribution in [2.75, 3.05) is 13.7 Å². The molecule has 22 heavy (non-hydrogen) atoms. The second kappa shape index (κ2) is 8.80. The van der Waals surface area contributed by atoms with Crippen molar-refractivity contribution in [3.05, 3.63) is 53.5 Å². The normalized spacial score (nSPS) is 11.1. The van der Waals surface area contributed by atoms with E-state index in [-0.39, 0.29) is 5.75 Å². The molecule has 0 saturated carbocycles. The van der Waals surface area contributed by atoms with Gasteiger partial charge in [-0.1, -0.05) is 30.0 Å². The summed E-state index contributed by atoms with van der Waals surface area (Å²) >= 11 is 0.566. The Morgan fingerprint density at radius 1 is 1.18 bits per heavy atom. The highest BCUT2D eigenvalue weighted by molar-refractivity contribution is 7.98. The van der Waals surface area contributed by atoms with Crippen molar-refractivity contribution in [1.82, 2.24) is 5.32 Å². The van der Waals surface area contributed by atoms with Crippen LogP contribution in [0.2, 0.25) is 0 Å². The third-order valence-corrected chi connectivity index (χ3v) is 3.83. The molecule has 1 heterocycles. The second-order valence-corrected chi connectivity index (χ2v) is 5.66. The van der Waals surface area contributed by atoms with Crippen LogP contribution in [0.3, 0.4) is 0 Å². The highest BCUT2D eigenvalue weighted by Crippen LogP contribution is 2.21. The molecule has 120 valence electrons. The number of hydrogen-bond acceptors (Lipinski definition) is 4. The molecule has 1 aromatic carbocycles. The molecule has 0 aliphatic heterocycles. The lowest BCUT2D eigenvalue weighted by molar-refractivity contribution is 0.251. The van der Waals surface area contributed by atoms with E-state index >= 15 is 0 Å². The van der Waals surface area contributed by atoms with Crippen molar-refractivity contribution in [3.63, 3.8) is 0 Å². The fourth-order valence-electron chi connectivity index (χ4n) is 2.08. The maximum absolute atomic E-state index is 12.1. The molecule has 6 heteroatoms. The van der Waals surface area contributed by atoms with Gasteiger partial charge in [0.15, 0.2) is 0 Å². The molecule has 0 bridgehead atoms. The van der Waals surface area contributed by atoms with Gasteiger partial charge in [0.25, 0.3) is 5.76 Å². The summed E-state index contributed by atoms with van der Waals surface area (Å²) in [5.41, 5.74) is 1.14. The summed E-state index contributed by atoms with van der Waals surface area (Å²) in [6.45, 7) is 1.36. The standard InChI is InChI=1S/C16H19F2NO2S/c1-20-15-5-3-2-4-12(15)8-9-19-10-13-6-7-14(21-13)11-22-16(17)18/h2-7,16,19H,8-11H2,1H3. The number of methoxy groups -OCH3 is 1. The van der Waals surface area contributed by atoms with E-state index in [0.29, 0.717) is 24.1 Å². The molecule has 0 unspecified atom stereocenters. The Morgan fingerprint density at radius 2 is 1.95 bits per heavy atom. The molecule has 0 aliphatic rings. The second-order valence-electron chi connectivity index (χ2n) is 4.68. The zero-order chi connectivity index (χ0) is 15.8. The fraction of sp³-hybridized carbons (Fsp3) is 0.375. The van der Waals surface area contributed by atoms with Gasteiger partial charge in [-0.3, -0.25) is 0 Å². The van der Waals surface area contributed by atoms with Crippen LogP contribution in [0.25, 0.3) is 0 Å². The van der Waals surface area contributed by atoms with Crippen molar-refractivity contribution in [2.24, 2.45) is 0 Å². The van der Waals surface area contributed by atoms with Gasteiger partial charge in [-0.15, -0.1) is 0 Å². The van der Waals surface area contributed by atoms with Gasteiger partial charge >= 0.3 is 0 Å². The first-order valence-corrected chi connectivity index (χ1v) is 8.04. The van der Waals surface area contributed by atoms with Gasteiger partial charge in [0, 0.05) is 0 Å². The zero-order valence-corrected chi connectivity index (χ0v) is 13.2. The van der Waals surface area contributed by atoms with Crippen LogP contribution in [0.5, 0.6) is 5.75 Å². The summed E-state index contributed by atoms with van der Waals surface area (Å²) in [7, 11) is 1.66. The van der Waals surface area contributed by atoms with Crippen LogP contribution >= 0.6 is 11.8 Å². The number of alkyl halides is 2. The van der Waals surface area contributed by atoms with Crippen LogP contribution in [-0.2, 0) is 18.7 Å². The van der Waals surface area contributed by atoms with Crippen LogP contribution < -0.4 is 10.1 Å². The smallest absolute Gasteiger partial charge is 0.284 e. The lowest BCUT2D eigenvalue weighted by Gasteiger charge is -2.08. The van der Waals surface area contributed by atoms with Crippen LogP contribution in [0.4, 0.5) is 8.78 Å². The van der Waals surface area contributed by atoms with Crippen molar-refractivity contribution >= 4 is 11.8 Å². The first kappa shape index (κ1) is 16.8. The van der Waals surface area contributed by atoms with Crippen LogP contribution in [-0.4, -0.2) is 19.4 Å². The van der Waals surface area contributed by atoms with Crippen molar-refractivity contribution in [1.29, 1.82) is 0 Å². The molecule has 2 aromatic rings. The Labute approximate surface area is 133 Å². The van der Waals surface area contributed by atoms with Gasteiger partial charge in [0.2, 0.25) is 0 Å². The molecule has 0 aliphatic carbocycles. The van der Waals surface area contributed by atoms with Gasteiger partial charge < -0.3 is 14.5 Å². The summed E-state index contributed by atoms with van der Waals surface area (Å²) in [6.07, 6.45) is 0.846. The Bertz CT molecular complexity index is 575. The lowest BCUT2D eigenvalue weighted by atomic mass is 10.1. The molecular weight excluding hydrogens is 308 g/mol. The monoisotopic (exact) mass is 327 g/mol. The molecule has 2 rings (SSSR count). The van der Waals surface area contributed by atoms with Gasteiger partial charge in [0.1, 0.15) is 17.3 Å². The van der Waals surface area contributed by atoms with E-state index in [1.165, 1.54) is 0 Å². The minimum atomic E-state index is -2.37. The molecular formula is C16H19F2NO2S. The van der Waals surface area contributed by atoms with Crippen LogP contribution in [0.15, 0.2) is 40.8 Å². The van der Waals surface area contributed by atoms with Crippen molar-refractivity contribution in [3.8, 4) is 5.75 Å². The topological polar surface area (TPSA) is 34.4 Å². The molecule has 3 nitrogen and oxygen atoms in total. The molecule has 0 amide bonds. The number of benzene rings is 1. The summed E-state index contributed by atoms with van der Waals surface area (Å²) < 4.78 is 35.0. The van der Waals surface area contributed by atoms with E-state index in [1.807, 2.05) is 30.3 Å². The number of nitrogens with one attached hydrogen (secondary N) is 1. The van der Waals surface area contributed by atoms with E-state index in [0.717, 1.165) is 30.0 Å². The summed E-state index contributed by atoms with van der Waals surface area (Å²) in [5.74, 6) is 0.0386. The maximum atomic E-state index is 12.1. The average molecular weight is 327 g/mol. The molecule has 1 N–H and O–H groups in total. The van der Waals surface area contributed by atoms with Crippen molar-refractivity contribution < 1.29 is 17.9 Å². The number of thioether (sulfide) groups is 1. The Kier molecular flexibility index (Phi) is 6.74. The molecule has 0 atom stereocenters. The fourth-order valence-corrected chi connectivity index (χ4v) is 2.53. The Morgan fingerprint density at radius 3 is 2.73 bits per heavy atom. The van der Waals surface area contributed by atoms with E-state index in [4.69, 9.17) is 9.15 Å². The van der Waals surface area contributed by atoms with Crippen LogP contribution in [0.1, 0.15) is 17.1 Å². The SMILES string of the molecule is COc1ccccc1CCNCc1ccc(CSC(F)F)o1. The minimum absolute atomic E-state index is 0.193. The molecule has 0 spiro atoms. The third-order valence-electron chi connectivity index (χ3n) is 3.13. The third kappa shape index (κ3) is 5.35. The number of rotatable bonds is 9. The number of ether oxygens (including phenoxy) is 1. The number of para-hydroxylation sites is 1. The molecule has 0 fully saturated rings. The Hall–Kier alpha value is -1.53. The summed E-state index contributed by atoms with van der Waals surface area (Å²) in [4.78, 5) is 0. The number of furan rings is 1. The van der Waals surface area contributed by atoms with E-state index in [1.54, 1.807) is 13.2 Å². The van der Waals surface area contributed by atoms with E-state index < -0.39 is 5.76 Å². The van der Waals surface area contributed by atoms with Gasteiger partial charge in [-0.05, 0) is 36.7 Å². The highest BCUT2D eigenvalue weighted by atomic mass is 32.2. The largest absolute Gasteiger partial charge is 0.496 e. The Balaban J connectivity index is 1.72. The van der Waals surface area contributed by atoms with Gasteiger partial charge in [-0.2, -0.15) is 8.78 Å². The quantitative estimate of drug-likeness (QED) is 0.704. The molecule has 1 aromatic heterocycles. The maximum Gasteiger partial charge on any atom is 0.284 e. The molecule has 0 saturated heterocycles. The van der Waals surface area contributed by atoms with E-state index in [2.05, 4.69) is 5.32 Å². The highest BCUT2D eigenvalue weighted by Gasteiger charge is 2.07. The summed E-state index contributed by atoms with van der Waals surface area (Å²) in [5, 5.41) is 3.28. The minimum Gasteiger partial charge on any atom is -0.496 e. The predicted octanol–water partition coefficient (Wildman–Crippen LogP) is 4.08. The van der Waals surface area contributed by atoms with Crippen LogP contribution in [0, 0.1) is 0 Å². The van der Waals surface area contributed by atoms with E-state index in [9.17, 15) is 8.78 Å². The van der Waals surface area contributed by atoms with Gasteiger partial charge in [-0.25, -0.2) is 0 Å². The number of halogens is 2. The average Bonchev–Trinajstić information content (AvgIpc) is 2.98. The lowest BCUT2D eigenvalue weighted by Crippen LogP contribution is -2.16. The first-order chi connectivity index (χ1) is 10.7. The first-order valence-electron chi connectivity index (χ1n) is 6.99.